The number of nitrogen functional groups attached to an aromatic ring is 1. The van der Waals surface area contributed by atoms with Gasteiger partial charge in [-0.1, -0.05) is 0 Å². The molecule has 0 bridgehead atoms. The van der Waals surface area contributed by atoms with Crippen molar-refractivity contribution < 1.29 is 20.1 Å². The highest BCUT2D eigenvalue weighted by atomic mass is 16.6. The summed E-state index contributed by atoms with van der Waals surface area (Å²) in [7, 11) is 0. The Bertz CT molecular complexity index is 790. The Hall–Kier alpha value is -1.93. The lowest BCUT2D eigenvalue weighted by Crippen LogP contribution is -2.42. The predicted octanol–water partition coefficient (Wildman–Crippen LogP) is -2.61. The maximum Gasteiger partial charge on any atom is 0.167 e. The first kappa shape index (κ1) is 21.8. The summed E-state index contributed by atoms with van der Waals surface area (Å²) < 4.78 is 7.53. The van der Waals surface area contributed by atoms with E-state index in [4.69, 9.17) is 27.0 Å². The monoisotopic (exact) mass is 410 g/mol. The third-order valence-corrected chi connectivity index (χ3v) is 5.17. The molecule has 162 valence electrons. The zero-order chi connectivity index (χ0) is 21.0. The van der Waals surface area contributed by atoms with Gasteiger partial charge in [0, 0.05) is 25.7 Å². The van der Waals surface area contributed by atoms with Gasteiger partial charge in [0.05, 0.1) is 12.9 Å². The molecule has 5 atom stereocenters. The number of ether oxygens (including phenoxy) is 1. The van der Waals surface area contributed by atoms with Crippen molar-refractivity contribution in [1.29, 1.82) is 0 Å². The molecule has 3 rings (SSSR count). The van der Waals surface area contributed by atoms with Gasteiger partial charge in [0.25, 0.3) is 0 Å². The zero-order valence-electron chi connectivity index (χ0n) is 16.2. The fourth-order valence-corrected chi connectivity index (χ4v) is 3.57. The van der Waals surface area contributed by atoms with Crippen molar-refractivity contribution in [2.75, 3.05) is 38.5 Å². The van der Waals surface area contributed by atoms with E-state index in [0.717, 1.165) is 6.42 Å². The molecule has 9 N–H and O–H groups in total. The van der Waals surface area contributed by atoms with Crippen LogP contribution in [-0.4, -0.2) is 96.9 Å². The lowest BCUT2D eigenvalue weighted by atomic mass is 10.1. The first-order valence-electron chi connectivity index (χ1n) is 9.69. The maximum atomic E-state index is 10.6. The smallest absolute Gasteiger partial charge is 0.167 e. The van der Waals surface area contributed by atoms with Crippen LogP contribution in [0.15, 0.2) is 12.7 Å². The number of hydrogen-bond acceptors (Lipinski definition) is 11. The average Bonchev–Trinajstić information content (AvgIpc) is 3.25. The highest BCUT2D eigenvalue weighted by Crippen LogP contribution is 2.32. The molecule has 1 aliphatic heterocycles. The normalized spacial score (nSPS) is 25.9. The molecule has 1 saturated heterocycles. The minimum Gasteiger partial charge on any atom is -0.395 e. The minimum atomic E-state index is -1.16. The van der Waals surface area contributed by atoms with E-state index in [-0.39, 0.29) is 18.5 Å². The number of aliphatic hydroxyl groups excluding tert-OH is 3. The van der Waals surface area contributed by atoms with E-state index in [1.54, 1.807) is 4.57 Å². The van der Waals surface area contributed by atoms with Crippen LogP contribution in [0.1, 0.15) is 19.1 Å². The summed E-state index contributed by atoms with van der Waals surface area (Å²) in [6.45, 7) is 2.09. The van der Waals surface area contributed by atoms with Crippen LogP contribution < -0.4 is 17.2 Å². The van der Waals surface area contributed by atoms with Gasteiger partial charge in [-0.3, -0.25) is 9.47 Å². The Kier molecular flexibility index (Phi) is 7.29. The second-order valence-corrected chi connectivity index (χ2v) is 7.30. The number of nitrogens with zero attached hydrogens (tertiary/aromatic N) is 5. The van der Waals surface area contributed by atoms with Gasteiger partial charge in [0.1, 0.15) is 30.2 Å². The number of aromatic nitrogens is 4. The van der Waals surface area contributed by atoms with Gasteiger partial charge in [0.15, 0.2) is 17.7 Å². The Morgan fingerprint density at radius 2 is 2.00 bits per heavy atom. The van der Waals surface area contributed by atoms with E-state index in [2.05, 4.69) is 19.9 Å². The first-order valence-corrected chi connectivity index (χ1v) is 9.69. The zero-order valence-corrected chi connectivity index (χ0v) is 16.2. The van der Waals surface area contributed by atoms with Crippen molar-refractivity contribution in [3.63, 3.8) is 0 Å². The average molecular weight is 410 g/mol. The quantitative estimate of drug-likeness (QED) is 0.240. The lowest BCUT2D eigenvalue weighted by Gasteiger charge is -2.26. The number of nitrogens with two attached hydrogens (primary N) is 3. The Labute approximate surface area is 168 Å². The van der Waals surface area contributed by atoms with Gasteiger partial charge in [-0.15, -0.1) is 0 Å². The summed E-state index contributed by atoms with van der Waals surface area (Å²) >= 11 is 0. The summed E-state index contributed by atoms with van der Waals surface area (Å²) in [5, 5.41) is 30.2. The van der Waals surface area contributed by atoms with Gasteiger partial charge in [-0.05, 0) is 19.4 Å². The van der Waals surface area contributed by atoms with Crippen molar-refractivity contribution in [3.05, 3.63) is 12.7 Å². The van der Waals surface area contributed by atoms with Gasteiger partial charge in [-0.2, -0.15) is 0 Å². The number of anilines is 1. The van der Waals surface area contributed by atoms with Gasteiger partial charge >= 0.3 is 0 Å². The SMILES string of the molecule is NCCN(CCC[C@H](N)CO)C[C@H]1O[C@@H](n2cnc3c(N)ncnc32)[C@H](O)[C@@H]1O. The fraction of sp³-hybridized carbons (Fsp3) is 0.706. The van der Waals surface area contributed by atoms with E-state index in [0.29, 0.717) is 43.8 Å². The number of imidazole rings is 1. The summed E-state index contributed by atoms with van der Waals surface area (Å²) in [4.78, 5) is 14.3. The van der Waals surface area contributed by atoms with Crippen LogP contribution in [0.4, 0.5) is 5.82 Å². The molecule has 2 aromatic heterocycles. The van der Waals surface area contributed by atoms with Crippen molar-refractivity contribution in [3.8, 4) is 0 Å². The summed E-state index contributed by atoms with van der Waals surface area (Å²) in [5.74, 6) is 0.230. The van der Waals surface area contributed by atoms with Crippen LogP contribution in [0.2, 0.25) is 0 Å². The summed E-state index contributed by atoms with van der Waals surface area (Å²) in [5.41, 5.74) is 18.1. The number of rotatable bonds is 10. The van der Waals surface area contributed by atoms with E-state index < -0.39 is 24.5 Å². The minimum absolute atomic E-state index is 0.0534. The standard InChI is InChI=1S/C17H30N8O4/c18-3-5-24(4-1-2-10(19)7-26)6-11-13(27)14(28)17(29-11)25-9-23-12-15(20)21-8-22-16(12)25/h8-11,13-14,17,26-28H,1-7,18-19H2,(H2,20,21,22)/t10-,11+,13+,14+,17+/m0/s1. The molecule has 1 aliphatic rings. The number of hydrogen-bond donors (Lipinski definition) is 6. The van der Waals surface area contributed by atoms with Crippen LogP contribution in [0, 0.1) is 0 Å². The molecular formula is C17H30N8O4. The highest BCUT2D eigenvalue weighted by molar-refractivity contribution is 5.81. The Morgan fingerprint density at radius 1 is 1.21 bits per heavy atom. The highest BCUT2D eigenvalue weighted by Gasteiger charge is 2.44. The topological polar surface area (TPSA) is 195 Å². The van der Waals surface area contributed by atoms with E-state index in [1.807, 2.05) is 0 Å². The molecule has 12 nitrogen and oxygen atoms in total. The third kappa shape index (κ3) is 4.80. The molecule has 1 fully saturated rings. The van der Waals surface area contributed by atoms with E-state index >= 15 is 0 Å². The molecule has 0 aliphatic carbocycles. The number of aliphatic hydroxyl groups is 3. The Balaban J connectivity index is 1.68. The van der Waals surface area contributed by atoms with Crippen molar-refractivity contribution in [2.45, 2.75) is 43.4 Å². The lowest BCUT2D eigenvalue weighted by molar-refractivity contribution is -0.0440. The molecule has 0 amide bonds. The van der Waals surface area contributed by atoms with Gasteiger partial charge < -0.3 is 37.3 Å². The molecule has 2 aromatic rings. The first-order chi connectivity index (χ1) is 14.0. The molecule has 0 saturated carbocycles. The molecular weight excluding hydrogens is 380 g/mol. The third-order valence-electron chi connectivity index (χ3n) is 5.17. The maximum absolute atomic E-state index is 10.6. The van der Waals surface area contributed by atoms with E-state index in [9.17, 15) is 10.2 Å². The summed E-state index contributed by atoms with van der Waals surface area (Å²) in [6, 6.07) is -0.252. The molecule has 0 aromatic carbocycles. The fourth-order valence-electron chi connectivity index (χ4n) is 3.57. The van der Waals surface area contributed by atoms with Crippen LogP contribution in [0.3, 0.4) is 0 Å². The largest absolute Gasteiger partial charge is 0.395 e. The van der Waals surface area contributed by atoms with Gasteiger partial charge in [-0.25, -0.2) is 15.0 Å². The predicted molar refractivity (Wildman–Crippen MR) is 105 cm³/mol. The van der Waals surface area contributed by atoms with Crippen LogP contribution >= 0.6 is 0 Å². The second-order valence-electron chi connectivity index (χ2n) is 7.30. The van der Waals surface area contributed by atoms with Crippen LogP contribution in [0.5, 0.6) is 0 Å². The Morgan fingerprint density at radius 3 is 2.72 bits per heavy atom. The summed E-state index contributed by atoms with van der Waals surface area (Å²) in [6.07, 6.45) is 0.518. The van der Waals surface area contributed by atoms with Crippen molar-refractivity contribution >= 4 is 17.0 Å². The van der Waals surface area contributed by atoms with Crippen molar-refractivity contribution in [1.82, 2.24) is 24.4 Å². The number of fused-ring (bicyclic) bond motifs is 1. The van der Waals surface area contributed by atoms with Crippen molar-refractivity contribution in [2.24, 2.45) is 11.5 Å². The molecule has 29 heavy (non-hydrogen) atoms. The molecule has 0 unspecified atom stereocenters. The van der Waals surface area contributed by atoms with Gasteiger partial charge in [0.2, 0.25) is 0 Å². The molecule has 0 radical (unpaired) electrons. The molecule has 3 heterocycles. The van der Waals surface area contributed by atoms with Crippen LogP contribution in [0.25, 0.3) is 11.2 Å². The molecule has 12 heteroatoms. The molecule has 0 spiro atoms. The second kappa shape index (κ2) is 9.71. The van der Waals surface area contributed by atoms with Crippen LogP contribution in [-0.2, 0) is 4.74 Å². The van der Waals surface area contributed by atoms with E-state index in [1.165, 1.54) is 12.7 Å².